The van der Waals surface area contributed by atoms with Gasteiger partial charge >= 0.3 is 0 Å². The van der Waals surface area contributed by atoms with Gasteiger partial charge in [-0.1, -0.05) is 6.92 Å². The minimum atomic E-state index is -0.305. The highest BCUT2D eigenvalue weighted by atomic mass is 19.1. The molecule has 1 N–H and O–H groups in total. The van der Waals surface area contributed by atoms with Crippen LogP contribution in [0, 0.1) is 11.7 Å². The van der Waals surface area contributed by atoms with Crippen LogP contribution in [-0.4, -0.2) is 48.2 Å². The molecule has 4 nitrogen and oxygen atoms in total. The largest absolute Gasteiger partial charge is 0.393 e. The van der Waals surface area contributed by atoms with Gasteiger partial charge in [0.05, 0.1) is 12.6 Å². The molecule has 1 aliphatic heterocycles. The maximum atomic E-state index is 13.0. The smallest absolute Gasteiger partial charge is 0.241 e. The zero-order chi connectivity index (χ0) is 15.4. The third kappa shape index (κ3) is 4.02. The summed E-state index contributed by atoms with van der Waals surface area (Å²) in [7, 11) is 0. The molecule has 1 saturated heterocycles. The number of rotatable bonds is 4. The van der Waals surface area contributed by atoms with Gasteiger partial charge in [-0.2, -0.15) is 0 Å². The van der Waals surface area contributed by atoms with Crippen LogP contribution in [0.3, 0.4) is 0 Å². The molecule has 1 fully saturated rings. The monoisotopic (exact) mass is 294 g/mol. The van der Waals surface area contributed by atoms with E-state index in [9.17, 15) is 14.3 Å². The Bertz CT molecular complexity index is 478. The van der Waals surface area contributed by atoms with E-state index in [1.165, 1.54) is 12.1 Å². The maximum absolute atomic E-state index is 13.0. The topological polar surface area (TPSA) is 43.8 Å². The van der Waals surface area contributed by atoms with E-state index in [0.29, 0.717) is 25.2 Å². The number of hydrogen-bond donors (Lipinski definition) is 1. The second kappa shape index (κ2) is 7.00. The molecule has 2 atom stereocenters. The van der Waals surface area contributed by atoms with Crippen molar-refractivity contribution in [3.05, 3.63) is 30.1 Å². The summed E-state index contributed by atoms with van der Waals surface area (Å²) < 4.78 is 13.0. The lowest BCUT2D eigenvalue weighted by molar-refractivity contribution is -0.120. The van der Waals surface area contributed by atoms with Gasteiger partial charge < -0.3 is 10.0 Å². The highest BCUT2D eigenvalue weighted by Gasteiger charge is 2.26. The van der Waals surface area contributed by atoms with E-state index in [1.807, 2.05) is 13.8 Å². The number of carbonyl (C=O) groups is 1. The van der Waals surface area contributed by atoms with Crippen LogP contribution in [0.4, 0.5) is 10.1 Å². The minimum absolute atomic E-state index is 0.00713. The number of hydrogen-bond acceptors (Lipinski definition) is 3. The van der Waals surface area contributed by atoms with Gasteiger partial charge in [-0.15, -0.1) is 0 Å². The number of carbonyl (C=O) groups excluding carboxylic acids is 1. The molecule has 0 radical (unpaired) electrons. The number of likely N-dealkylation sites (N-methyl/N-ethyl adjacent to an activating group) is 1. The molecule has 116 valence electrons. The molecule has 1 amide bonds. The summed E-state index contributed by atoms with van der Waals surface area (Å²) in [5.41, 5.74) is 0.717. The number of aliphatic hydroxyl groups is 1. The number of amides is 1. The third-order valence-corrected chi connectivity index (χ3v) is 4.06. The van der Waals surface area contributed by atoms with E-state index in [1.54, 1.807) is 17.0 Å². The third-order valence-electron chi connectivity index (χ3n) is 4.06. The molecule has 5 heteroatoms. The van der Waals surface area contributed by atoms with Crippen molar-refractivity contribution in [2.75, 3.05) is 31.1 Å². The molecular formula is C16H23FN2O2. The number of likely N-dealkylation sites (tertiary alicyclic amines) is 1. The first-order chi connectivity index (χ1) is 10.0. The summed E-state index contributed by atoms with van der Waals surface area (Å²) >= 11 is 0. The summed E-state index contributed by atoms with van der Waals surface area (Å²) in [4.78, 5) is 16.2. The van der Waals surface area contributed by atoms with Crippen LogP contribution in [0.2, 0.25) is 0 Å². The van der Waals surface area contributed by atoms with Crippen molar-refractivity contribution >= 4 is 11.6 Å². The van der Waals surface area contributed by atoms with Crippen molar-refractivity contribution in [3.63, 3.8) is 0 Å². The summed E-state index contributed by atoms with van der Waals surface area (Å²) in [6, 6.07) is 5.98. The van der Waals surface area contributed by atoms with Gasteiger partial charge in [0.15, 0.2) is 0 Å². The van der Waals surface area contributed by atoms with Crippen LogP contribution in [0.15, 0.2) is 24.3 Å². The highest BCUT2D eigenvalue weighted by molar-refractivity contribution is 5.94. The van der Waals surface area contributed by atoms with Crippen LogP contribution in [0.25, 0.3) is 0 Å². The molecular weight excluding hydrogens is 271 g/mol. The molecule has 0 spiro atoms. The van der Waals surface area contributed by atoms with Gasteiger partial charge in [0, 0.05) is 25.3 Å². The van der Waals surface area contributed by atoms with Crippen LogP contribution in [0.1, 0.15) is 20.3 Å². The van der Waals surface area contributed by atoms with Crippen molar-refractivity contribution < 1.29 is 14.3 Å². The molecule has 0 bridgehead atoms. The normalized spacial score (nSPS) is 23.0. The van der Waals surface area contributed by atoms with Crippen LogP contribution >= 0.6 is 0 Å². The Labute approximate surface area is 125 Å². The first-order valence-corrected chi connectivity index (χ1v) is 7.47. The lowest BCUT2D eigenvalue weighted by Gasteiger charge is -2.35. The number of nitrogens with zero attached hydrogens (tertiary/aromatic N) is 2. The van der Waals surface area contributed by atoms with Crippen LogP contribution < -0.4 is 4.90 Å². The zero-order valence-corrected chi connectivity index (χ0v) is 12.6. The van der Waals surface area contributed by atoms with E-state index < -0.39 is 0 Å². The maximum Gasteiger partial charge on any atom is 0.241 e. The molecule has 1 aromatic carbocycles. The second-order valence-electron chi connectivity index (χ2n) is 5.68. The molecule has 1 heterocycles. The van der Waals surface area contributed by atoms with Gasteiger partial charge in [0.25, 0.3) is 0 Å². The second-order valence-corrected chi connectivity index (χ2v) is 5.68. The van der Waals surface area contributed by atoms with Gasteiger partial charge in [-0.25, -0.2) is 4.39 Å². The van der Waals surface area contributed by atoms with Crippen molar-refractivity contribution in [2.45, 2.75) is 26.4 Å². The fourth-order valence-corrected chi connectivity index (χ4v) is 2.76. The Kier molecular flexibility index (Phi) is 5.31. The fraction of sp³-hybridized carbons (Fsp3) is 0.562. The zero-order valence-electron chi connectivity index (χ0n) is 12.6. The minimum Gasteiger partial charge on any atom is -0.393 e. The number of benzene rings is 1. The van der Waals surface area contributed by atoms with Crippen molar-refractivity contribution in [1.82, 2.24) is 4.90 Å². The van der Waals surface area contributed by atoms with Crippen molar-refractivity contribution in [3.8, 4) is 0 Å². The lowest BCUT2D eigenvalue weighted by Crippen LogP contribution is -2.47. The molecule has 2 rings (SSSR count). The van der Waals surface area contributed by atoms with E-state index in [2.05, 4.69) is 4.90 Å². The fourth-order valence-electron chi connectivity index (χ4n) is 2.76. The quantitative estimate of drug-likeness (QED) is 0.922. The summed E-state index contributed by atoms with van der Waals surface area (Å²) in [5, 5.41) is 9.73. The number of anilines is 1. The van der Waals surface area contributed by atoms with E-state index in [4.69, 9.17) is 0 Å². The Morgan fingerprint density at radius 2 is 2.10 bits per heavy atom. The molecule has 1 aliphatic rings. The molecule has 0 saturated carbocycles. The Balaban J connectivity index is 1.99. The van der Waals surface area contributed by atoms with E-state index in [0.717, 1.165) is 13.1 Å². The number of piperidine rings is 1. The predicted octanol–water partition coefficient (Wildman–Crippen LogP) is 1.88. The lowest BCUT2D eigenvalue weighted by atomic mass is 9.97. The molecule has 1 aromatic rings. The average Bonchev–Trinajstić information content (AvgIpc) is 2.46. The number of halogens is 1. The summed E-state index contributed by atoms with van der Waals surface area (Å²) in [5.74, 6) is -0.110. The van der Waals surface area contributed by atoms with Crippen molar-refractivity contribution in [1.29, 1.82) is 0 Å². The van der Waals surface area contributed by atoms with Gasteiger partial charge in [-0.3, -0.25) is 9.69 Å². The first-order valence-electron chi connectivity index (χ1n) is 7.47. The van der Waals surface area contributed by atoms with Crippen LogP contribution in [0.5, 0.6) is 0 Å². The number of aliphatic hydroxyl groups excluding tert-OH is 1. The Morgan fingerprint density at radius 1 is 1.43 bits per heavy atom. The first kappa shape index (κ1) is 15.9. The molecule has 2 unspecified atom stereocenters. The van der Waals surface area contributed by atoms with E-state index >= 15 is 0 Å². The summed E-state index contributed by atoms with van der Waals surface area (Å²) in [6.07, 6.45) is 0.438. The van der Waals surface area contributed by atoms with Gasteiger partial charge in [-0.05, 0) is 43.5 Å². The van der Waals surface area contributed by atoms with Gasteiger partial charge in [0.2, 0.25) is 5.91 Å². The Morgan fingerprint density at radius 3 is 2.67 bits per heavy atom. The predicted molar refractivity (Wildman–Crippen MR) is 80.7 cm³/mol. The van der Waals surface area contributed by atoms with Crippen LogP contribution in [-0.2, 0) is 4.79 Å². The average molecular weight is 294 g/mol. The highest BCUT2D eigenvalue weighted by Crippen LogP contribution is 2.18. The molecule has 0 aromatic heterocycles. The van der Waals surface area contributed by atoms with Crippen molar-refractivity contribution in [2.24, 2.45) is 5.92 Å². The molecule has 21 heavy (non-hydrogen) atoms. The standard InChI is InChI=1S/C16H23FN2O2/c1-3-19(14-6-4-13(17)5-7-14)16(21)11-18-9-8-15(20)12(2)10-18/h4-7,12,15,20H,3,8-11H2,1-2H3. The molecule has 0 aliphatic carbocycles. The van der Waals surface area contributed by atoms with E-state index in [-0.39, 0.29) is 23.7 Å². The SMILES string of the molecule is CCN(C(=O)CN1CCC(O)C(C)C1)c1ccc(F)cc1. The Hall–Kier alpha value is -1.46. The van der Waals surface area contributed by atoms with Gasteiger partial charge in [0.1, 0.15) is 5.82 Å². The summed E-state index contributed by atoms with van der Waals surface area (Å²) in [6.45, 7) is 6.26.